The fourth-order valence-corrected chi connectivity index (χ4v) is 3.91. The number of anilines is 2. The number of hydrogen-bond acceptors (Lipinski definition) is 5. The molecule has 7 nitrogen and oxygen atoms in total. The topological polar surface area (TPSA) is 72.3 Å². The zero-order valence-electron chi connectivity index (χ0n) is 18.3. The van der Waals surface area contributed by atoms with Crippen molar-refractivity contribution in [3.8, 4) is 11.4 Å². The summed E-state index contributed by atoms with van der Waals surface area (Å²) >= 11 is 0. The lowest BCUT2D eigenvalue weighted by Gasteiger charge is -2.31. The van der Waals surface area contributed by atoms with Crippen LogP contribution >= 0.6 is 0 Å². The highest BCUT2D eigenvalue weighted by Gasteiger charge is 2.32. The first-order chi connectivity index (χ1) is 15.8. The Morgan fingerprint density at radius 1 is 1.06 bits per heavy atom. The van der Waals surface area contributed by atoms with E-state index < -0.39 is 17.6 Å². The number of rotatable bonds is 5. The van der Waals surface area contributed by atoms with Crippen LogP contribution in [0.1, 0.15) is 41.0 Å². The van der Waals surface area contributed by atoms with Crippen molar-refractivity contribution in [3.63, 3.8) is 0 Å². The van der Waals surface area contributed by atoms with E-state index in [1.165, 1.54) is 10.7 Å². The number of alkyl halides is 3. The highest BCUT2D eigenvalue weighted by Crippen LogP contribution is 2.36. The van der Waals surface area contributed by atoms with Gasteiger partial charge in [0.2, 0.25) is 0 Å². The Hall–Kier alpha value is -3.56. The van der Waals surface area contributed by atoms with E-state index in [0.717, 1.165) is 44.5 Å². The normalized spacial score (nSPS) is 14.3. The number of methoxy groups -OCH3 is 1. The van der Waals surface area contributed by atoms with Crippen LogP contribution in [0.3, 0.4) is 0 Å². The summed E-state index contributed by atoms with van der Waals surface area (Å²) in [5.41, 5.74) is 1.02. The van der Waals surface area contributed by atoms with Gasteiger partial charge >= 0.3 is 6.18 Å². The first-order valence-corrected chi connectivity index (χ1v) is 10.6. The van der Waals surface area contributed by atoms with Gasteiger partial charge in [-0.2, -0.15) is 13.2 Å². The molecule has 4 rings (SSSR count). The molecule has 10 heteroatoms. The van der Waals surface area contributed by atoms with E-state index in [0.29, 0.717) is 22.8 Å². The number of carbonyl (C=O) groups is 1. The van der Waals surface area contributed by atoms with Crippen molar-refractivity contribution in [2.45, 2.75) is 32.4 Å². The van der Waals surface area contributed by atoms with E-state index in [9.17, 15) is 18.0 Å². The van der Waals surface area contributed by atoms with Gasteiger partial charge in [0.25, 0.3) is 5.91 Å². The highest BCUT2D eigenvalue weighted by molar-refractivity contribution is 6.05. The molecule has 2 aromatic carbocycles. The number of piperidine rings is 1. The Labute approximate surface area is 189 Å². The summed E-state index contributed by atoms with van der Waals surface area (Å²) in [6.07, 6.45) is -1.55. The van der Waals surface area contributed by atoms with E-state index in [1.54, 1.807) is 38.3 Å². The van der Waals surface area contributed by atoms with Crippen molar-refractivity contribution < 1.29 is 22.7 Å². The van der Waals surface area contributed by atoms with Crippen molar-refractivity contribution >= 4 is 17.3 Å². The van der Waals surface area contributed by atoms with Crippen LogP contribution < -0.4 is 15.0 Å². The van der Waals surface area contributed by atoms with Crippen molar-refractivity contribution in [1.29, 1.82) is 0 Å². The first-order valence-electron chi connectivity index (χ1n) is 10.6. The molecule has 0 bridgehead atoms. The van der Waals surface area contributed by atoms with Gasteiger partial charge in [-0.05, 0) is 68.7 Å². The maximum absolute atomic E-state index is 13.4. The summed E-state index contributed by atoms with van der Waals surface area (Å²) in [6.45, 7) is 3.12. The summed E-state index contributed by atoms with van der Waals surface area (Å²) in [5, 5.41) is 10.7. The maximum Gasteiger partial charge on any atom is 0.416 e. The molecule has 0 radical (unpaired) electrons. The molecule has 0 saturated carbocycles. The molecule has 1 N–H and O–H groups in total. The number of hydrogen-bond donors (Lipinski definition) is 1. The number of benzene rings is 2. The quantitative estimate of drug-likeness (QED) is 0.591. The van der Waals surface area contributed by atoms with Crippen LogP contribution in [0, 0.1) is 6.92 Å². The Bertz CT molecular complexity index is 1140. The van der Waals surface area contributed by atoms with Crippen LogP contribution in [0.5, 0.6) is 5.75 Å². The second-order valence-corrected chi connectivity index (χ2v) is 7.86. The lowest BCUT2D eigenvalue weighted by atomic mass is 10.1. The smallest absolute Gasteiger partial charge is 0.416 e. The van der Waals surface area contributed by atoms with Crippen LogP contribution in [0.2, 0.25) is 0 Å². The number of amides is 1. The maximum atomic E-state index is 13.4. The lowest BCUT2D eigenvalue weighted by molar-refractivity contribution is -0.137. The molecule has 0 atom stereocenters. The Kier molecular flexibility index (Phi) is 6.26. The van der Waals surface area contributed by atoms with E-state index >= 15 is 0 Å². The molecule has 174 valence electrons. The zero-order chi connectivity index (χ0) is 23.6. The predicted molar refractivity (Wildman–Crippen MR) is 118 cm³/mol. The van der Waals surface area contributed by atoms with E-state index in [1.807, 2.05) is 4.90 Å². The van der Waals surface area contributed by atoms with Gasteiger partial charge in [-0.15, -0.1) is 5.10 Å². The SMILES string of the molecule is COc1ccc(-n2nnc(C(=O)Nc3cc(C(F)(F)F)ccc3N3CCCCC3)c2C)cc1. The Morgan fingerprint density at radius 3 is 2.39 bits per heavy atom. The molecule has 3 aromatic rings. The second-order valence-electron chi connectivity index (χ2n) is 7.86. The summed E-state index contributed by atoms with van der Waals surface area (Å²) in [6, 6.07) is 10.5. The third kappa shape index (κ3) is 4.79. The second kappa shape index (κ2) is 9.13. The van der Waals surface area contributed by atoms with Crippen LogP contribution in [0.25, 0.3) is 5.69 Å². The predicted octanol–water partition coefficient (Wildman–Crippen LogP) is 4.85. The monoisotopic (exact) mass is 459 g/mol. The Balaban J connectivity index is 1.64. The van der Waals surface area contributed by atoms with Gasteiger partial charge in [0.1, 0.15) is 5.75 Å². The molecule has 2 heterocycles. The van der Waals surface area contributed by atoms with E-state index in [-0.39, 0.29) is 11.4 Å². The van der Waals surface area contributed by atoms with E-state index in [4.69, 9.17) is 4.74 Å². The minimum atomic E-state index is -4.52. The van der Waals surface area contributed by atoms with Gasteiger partial charge in [0.15, 0.2) is 5.69 Å². The summed E-state index contributed by atoms with van der Waals surface area (Å²) in [7, 11) is 1.56. The molecule has 1 aliphatic heterocycles. The third-order valence-corrected chi connectivity index (χ3v) is 5.70. The molecule has 0 unspecified atom stereocenters. The van der Waals surface area contributed by atoms with Crippen molar-refractivity contribution in [1.82, 2.24) is 15.0 Å². The molecule has 1 saturated heterocycles. The average molecular weight is 459 g/mol. The molecule has 0 aliphatic carbocycles. The number of halogens is 3. The fourth-order valence-electron chi connectivity index (χ4n) is 3.91. The molecule has 0 spiro atoms. The van der Waals surface area contributed by atoms with Gasteiger partial charge in [0, 0.05) is 13.1 Å². The fraction of sp³-hybridized carbons (Fsp3) is 0.348. The van der Waals surface area contributed by atoms with Gasteiger partial charge < -0.3 is 15.0 Å². The van der Waals surface area contributed by atoms with Crippen LogP contribution in [-0.2, 0) is 6.18 Å². The summed E-state index contributed by atoms with van der Waals surface area (Å²) in [4.78, 5) is 15.0. The first kappa shape index (κ1) is 22.6. The van der Waals surface area contributed by atoms with Gasteiger partial charge in [-0.1, -0.05) is 5.21 Å². The van der Waals surface area contributed by atoms with Gasteiger partial charge in [-0.25, -0.2) is 4.68 Å². The Morgan fingerprint density at radius 2 is 1.76 bits per heavy atom. The number of aromatic nitrogens is 3. The molecule has 1 aliphatic rings. The van der Waals surface area contributed by atoms with Crippen LogP contribution in [-0.4, -0.2) is 41.1 Å². The molecule has 1 aromatic heterocycles. The van der Waals surface area contributed by atoms with Crippen molar-refractivity contribution in [2.24, 2.45) is 0 Å². The molecular weight excluding hydrogens is 435 g/mol. The highest BCUT2D eigenvalue weighted by atomic mass is 19.4. The van der Waals surface area contributed by atoms with E-state index in [2.05, 4.69) is 15.6 Å². The number of carbonyl (C=O) groups excluding carboxylic acids is 1. The van der Waals surface area contributed by atoms with Crippen molar-refractivity contribution in [3.05, 3.63) is 59.4 Å². The lowest BCUT2D eigenvalue weighted by Crippen LogP contribution is -2.30. The third-order valence-electron chi connectivity index (χ3n) is 5.70. The molecule has 1 amide bonds. The minimum Gasteiger partial charge on any atom is -0.497 e. The largest absolute Gasteiger partial charge is 0.497 e. The zero-order valence-corrected chi connectivity index (χ0v) is 18.3. The van der Waals surface area contributed by atoms with Gasteiger partial charge in [0.05, 0.1) is 35.4 Å². The number of ether oxygens (including phenoxy) is 1. The molecule has 33 heavy (non-hydrogen) atoms. The summed E-state index contributed by atoms with van der Waals surface area (Å²) in [5.74, 6) is 0.0501. The number of nitrogens with one attached hydrogen (secondary N) is 1. The standard InChI is InChI=1S/C23H24F3N5O2/c1-15-21(28-29-31(15)17-7-9-18(33-2)10-8-17)22(32)27-19-14-16(23(24,25)26)6-11-20(19)30-12-4-3-5-13-30/h6-11,14H,3-5,12-13H2,1-2H3,(H,27,32). The molecular formula is C23H24F3N5O2. The van der Waals surface area contributed by atoms with Crippen LogP contribution in [0.4, 0.5) is 24.5 Å². The average Bonchev–Trinajstić information content (AvgIpc) is 3.20. The molecule has 1 fully saturated rings. The number of nitrogens with zero attached hydrogens (tertiary/aromatic N) is 4. The van der Waals surface area contributed by atoms with Crippen LogP contribution in [0.15, 0.2) is 42.5 Å². The van der Waals surface area contributed by atoms with Gasteiger partial charge in [-0.3, -0.25) is 4.79 Å². The van der Waals surface area contributed by atoms with Crippen molar-refractivity contribution in [2.75, 3.05) is 30.4 Å². The minimum absolute atomic E-state index is 0.0350. The summed E-state index contributed by atoms with van der Waals surface area (Å²) < 4.78 is 46.7.